The zero-order valence-electron chi connectivity index (χ0n) is 11.1. The van der Waals surface area contributed by atoms with E-state index in [1.807, 2.05) is 0 Å². The predicted molar refractivity (Wildman–Crippen MR) is 69.6 cm³/mol. The van der Waals surface area contributed by atoms with Crippen molar-refractivity contribution in [1.29, 1.82) is 0 Å². The van der Waals surface area contributed by atoms with Gasteiger partial charge >= 0.3 is 0 Å². The van der Waals surface area contributed by atoms with Crippen LogP contribution in [0.25, 0.3) is 0 Å². The zero-order chi connectivity index (χ0) is 12.4. The van der Waals surface area contributed by atoms with Crippen molar-refractivity contribution >= 4 is 5.84 Å². The normalized spacial score (nSPS) is 18.5. The molecule has 0 unspecified atom stereocenters. The number of nitrogens with one attached hydrogen (secondary N) is 2. The summed E-state index contributed by atoms with van der Waals surface area (Å²) in [6.07, 6.45) is 0.340. The third-order valence-corrected chi connectivity index (χ3v) is 2.88. The molecular formula is C14H23N3+2. The van der Waals surface area contributed by atoms with Crippen molar-refractivity contribution in [2.24, 2.45) is 0 Å². The molecule has 1 aromatic rings. The molecule has 1 aliphatic rings. The van der Waals surface area contributed by atoms with Crippen LogP contribution in [0.5, 0.6) is 0 Å². The van der Waals surface area contributed by atoms with Crippen LogP contribution in [-0.4, -0.2) is 17.9 Å². The summed E-state index contributed by atoms with van der Waals surface area (Å²) in [6.45, 7) is 8.77. The number of rotatable bonds is 3. The van der Waals surface area contributed by atoms with E-state index in [4.69, 9.17) is 0 Å². The molecule has 1 aromatic carbocycles. The fourth-order valence-electron chi connectivity index (χ4n) is 2.25. The highest BCUT2D eigenvalue weighted by Gasteiger charge is 2.32. The van der Waals surface area contributed by atoms with Crippen LogP contribution < -0.4 is 15.6 Å². The van der Waals surface area contributed by atoms with Crippen molar-refractivity contribution in [1.82, 2.24) is 5.32 Å². The molecular weight excluding hydrogens is 210 g/mol. The van der Waals surface area contributed by atoms with Crippen molar-refractivity contribution in [3.8, 4) is 0 Å². The second kappa shape index (κ2) is 4.88. The molecule has 1 atom stereocenters. The van der Waals surface area contributed by atoms with E-state index in [-0.39, 0.29) is 0 Å². The van der Waals surface area contributed by atoms with Gasteiger partial charge in [-0.1, -0.05) is 12.1 Å². The molecule has 0 saturated carbocycles. The average Bonchev–Trinajstić information content (AvgIpc) is 2.56. The summed E-state index contributed by atoms with van der Waals surface area (Å²) in [5, 5.41) is 5.84. The Labute approximate surface area is 103 Å². The molecule has 3 heteroatoms. The van der Waals surface area contributed by atoms with Crippen LogP contribution >= 0.6 is 0 Å². The summed E-state index contributed by atoms with van der Waals surface area (Å²) >= 11 is 0. The van der Waals surface area contributed by atoms with Gasteiger partial charge in [-0.15, -0.1) is 0 Å². The topological polar surface area (TPSA) is 42.6 Å². The maximum Gasteiger partial charge on any atom is 0.280 e. The molecule has 0 spiro atoms. The Hall–Kier alpha value is -1.35. The van der Waals surface area contributed by atoms with Gasteiger partial charge in [0.15, 0.2) is 0 Å². The minimum Gasteiger partial charge on any atom is -0.302 e. The lowest BCUT2D eigenvalue weighted by atomic mass is 10.1. The Morgan fingerprint density at radius 3 is 2.53 bits per heavy atom. The zero-order valence-corrected chi connectivity index (χ0v) is 11.1. The van der Waals surface area contributed by atoms with E-state index in [1.54, 1.807) is 0 Å². The predicted octanol–water partition coefficient (Wildman–Crippen LogP) is -0.504. The van der Waals surface area contributed by atoms with Gasteiger partial charge in [-0.2, -0.15) is 0 Å². The first kappa shape index (κ1) is 12.1. The summed E-state index contributed by atoms with van der Waals surface area (Å²) in [6, 6.07) is 9.63. The van der Waals surface area contributed by atoms with Gasteiger partial charge in [-0.25, -0.2) is 4.99 Å². The largest absolute Gasteiger partial charge is 0.302 e. The molecule has 17 heavy (non-hydrogen) atoms. The Kier molecular flexibility index (Phi) is 3.48. The van der Waals surface area contributed by atoms with Crippen molar-refractivity contribution in [2.75, 3.05) is 0 Å². The highest BCUT2D eigenvalue weighted by molar-refractivity contribution is 5.97. The first-order valence-corrected chi connectivity index (χ1v) is 6.42. The standard InChI is InChI=1S/C14H21N3/c1-9(2)15-13-11-7-5-6-8-12(11)14(17-13)16-10(3)4/h5-10,13,15H,1-4H3,(H,16,17)/p+2/t13-/m0/s1. The molecule has 1 heterocycles. The molecule has 1 aliphatic heterocycles. The van der Waals surface area contributed by atoms with Gasteiger partial charge in [-0.05, 0) is 39.8 Å². The minimum absolute atomic E-state index is 0.340. The third kappa shape index (κ3) is 2.67. The Morgan fingerprint density at radius 2 is 1.88 bits per heavy atom. The smallest absolute Gasteiger partial charge is 0.280 e. The summed E-state index contributed by atoms with van der Waals surface area (Å²) in [7, 11) is 0. The SMILES string of the molecule is CC(C)NC1=[NH+][C@H]([NH2+]C(C)C)c2ccccc21. The molecule has 4 N–H and O–H groups in total. The minimum atomic E-state index is 0.340. The summed E-state index contributed by atoms with van der Waals surface area (Å²) in [4.78, 5) is 3.57. The number of nitrogens with two attached hydrogens (primary N) is 1. The van der Waals surface area contributed by atoms with E-state index < -0.39 is 0 Å². The average molecular weight is 233 g/mol. The molecule has 92 valence electrons. The van der Waals surface area contributed by atoms with Gasteiger partial charge in [0.25, 0.3) is 5.84 Å². The van der Waals surface area contributed by atoms with Gasteiger partial charge in [0.2, 0.25) is 6.17 Å². The quantitative estimate of drug-likeness (QED) is 0.647. The Bertz CT molecular complexity index is 421. The van der Waals surface area contributed by atoms with Crippen LogP contribution in [0.1, 0.15) is 45.0 Å². The highest BCUT2D eigenvalue weighted by atomic mass is 15.2. The van der Waals surface area contributed by atoms with Gasteiger partial charge < -0.3 is 5.32 Å². The molecule has 0 fully saturated rings. The number of fused-ring (bicyclic) bond motifs is 1. The summed E-state index contributed by atoms with van der Waals surface area (Å²) < 4.78 is 0. The molecule has 0 bridgehead atoms. The molecule has 0 amide bonds. The fraction of sp³-hybridized carbons (Fsp3) is 0.500. The highest BCUT2D eigenvalue weighted by Crippen LogP contribution is 2.14. The number of hydrogen-bond donors (Lipinski definition) is 3. The second-order valence-corrected chi connectivity index (χ2v) is 5.32. The molecule has 3 nitrogen and oxygen atoms in total. The van der Waals surface area contributed by atoms with Gasteiger partial charge in [0, 0.05) is 0 Å². The van der Waals surface area contributed by atoms with Crippen LogP contribution in [0.4, 0.5) is 0 Å². The van der Waals surface area contributed by atoms with Gasteiger partial charge in [-0.3, -0.25) is 5.32 Å². The first-order chi connectivity index (χ1) is 8.08. The maximum absolute atomic E-state index is 3.57. The van der Waals surface area contributed by atoms with E-state index in [2.05, 4.69) is 67.6 Å². The van der Waals surface area contributed by atoms with Crippen molar-refractivity contribution in [2.45, 2.75) is 45.9 Å². The van der Waals surface area contributed by atoms with Crippen LogP contribution in [0.3, 0.4) is 0 Å². The molecule has 0 radical (unpaired) electrons. The molecule has 0 aliphatic carbocycles. The number of amidine groups is 1. The summed E-state index contributed by atoms with van der Waals surface area (Å²) in [5.74, 6) is 1.16. The molecule has 2 rings (SSSR count). The summed E-state index contributed by atoms with van der Waals surface area (Å²) in [5.41, 5.74) is 2.69. The number of hydrogen-bond acceptors (Lipinski definition) is 1. The maximum atomic E-state index is 3.57. The second-order valence-electron chi connectivity index (χ2n) is 5.32. The number of benzene rings is 1. The van der Waals surface area contributed by atoms with Gasteiger partial charge in [0.1, 0.15) is 0 Å². The third-order valence-electron chi connectivity index (χ3n) is 2.88. The molecule has 0 saturated heterocycles. The van der Waals surface area contributed by atoms with Crippen molar-refractivity contribution < 1.29 is 10.3 Å². The van der Waals surface area contributed by atoms with E-state index in [9.17, 15) is 0 Å². The first-order valence-electron chi connectivity index (χ1n) is 6.42. The Balaban J connectivity index is 2.28. The molecule has 0 aromatic heterocycles. The lowest BCUT2D eigenvalue weighted by Crippen LogP contribution is -3.02. The van der Waals surface area contributed by atoms with Crippen LogP contribution in [0.2, 0.25) is 0 Å². The lowest BCUT2D eigenvalue weighted by Gasteiger charge is -2.09. The van der Waals surface area contributed by atoms with Crippen LogP contribution in [0.15, 0.2) is 24.3 Å². The fourth-order valence-corrected chi connectivity index (χ4v) is 2.25. The van der Waals surface area contributed by atoms with E-state index in [0.29, 0.717) is 18.2 Å². The van der Waals surface area contributed by atoms with Crippen molar-refractivity contribution in [3.05, 3.63) is 35.4 Å². The van der Waals surface area contributed by atoms with Gasteiger partial charge in [0.05, 0.1) is 23.2 Å². The van der Waals surface area contributed by atoms with E-state index >= 15 is 0 Å². The van der Waals surface area contributed by atoms with Crippen molar-refractivity contribution in [3.63, 3.8) is 0 Å². The number of quaternary nitrogens is 1. The Morgan fingerprint density at radius 1 is 1.18 bits per heavy atom. The van der Waals surface area contributed by atoms with E-state index in [0.717, 1.165) is 5.84 Å². The monoisotopic (exact) mass is 233 g/mol. The van der Waals surface area contributed by atoms with E-state index in [1.165, 1.54) is 11.1 Å². The lowest BCUT2D eigenvalue weighted by molar-refractivity contribution is -0.858. The van der Waals surface area contributed by atoms with Crippen LogP contribution in [0, 0.1) is 0 Å². The van der Waals surface area contributed by atoms with Crippen LogP contribution in [-0.2, 0) is 0 Å².